The molecule has 2 amide bonds. The normalized spacial score (nSPS) is 15.0. The number of nitrogens with zero attached hydrogens (tertiary/aromatic N) is 2. The number of carbonyl (C=O) groups excluding carboxylic acids is 2. The van der Waals surface area contributed by atoms with Gasteiger partial charge in [-0.05, 0) is 63.9 Å². The van der Waals surface area contributed by atoms with Crippen LogP contribution in [0.3, 0.4) is 0 Å². The number of carbonyl (C=O) groups is 2. The Morgan fingerprint density at radius 2 is 1.68 bits per heavy atom. The lowest BCUT2D eigenvalue weighted by Crippen LogP contribution is -2.43. The summed E-state index contributed by atoms with van der Waals surface area (Å²) in [4.78, 5) is 28.3. The molecular formula is C22H34N4O2. The molecular weight excluding hydrogens is 352 g/mol. The van der Waals surface area contributed by atoms with Gasteiger partial charge in [0.15, 0.2) is 0 Å². The van der Waals surface area contributed by atoms with E-state index in [2.05, 4.69) is 41.0 Å². The Hall–Kier alpha value is -2.34. The van der Waals surface area contributed by atoms with Gasteiger partial charge in [0, 0.05) is 32.9 Å². The molecule has 6 nitrogen and oxygen atoms in total. The van der Waals surface area contributed by atoms with Crippen LogP contribution in [0.2, 0.25) is 0 Å². The summed E-state index contributed by atoms with van der Waals surface area (Å²) in [6.07, 6.45) is 7.81. The first kappa shape index (κ1) is 22.0. The van der Waals surface area contributed by atoms with E-state index >= 15 is 0 Å². The van der Waals surface area contributed by atoms with Crippen LogP contribution in [-0.2, 0) is 9.59 Å². The number of hydrogen-bond donors (Lipinski definition) is 2. The number of nitrogens with one attached hydrogen (secondary N) is 2. The Bertz CT molecular complexity index is 680. The van der Waals surface area contributed by atoms with E-state index in [-0.39, 0.29) is 6.04 Å². The number of anilines is 1. The third-order valence-electron chi connectivity index (χ3n) is 5.20. The summed E-state index contributed by atoms with van der Waals surface area (Å²) in [5.74, 6) is -1.13. The minimum absolute atomic E-state index is 0.000330. The third kappa shape index (κ3) is 6.68. The largest absolute Gasteiger partial charge is 0.378 e. The van der Waals surface area contributed by atoms with Crippen molar-refractivity contribution >= 4 is 17.5 Å². The fourth-order valence-electron chi connectivity index (χ4n) is 3.41. The van der Waals surface area contributed by atoms with Gasteiger partial charge in [0.25, 0.3) is 0 Å². The smallest absolute Gasteiger partial charge is 0.309 e. The van der Waals surface area contributed by atoms with Gasteiger partial charge in [-0.3, -0.25) is 9.59 Å². The molecule has 6 heteroatoms. The van der Waals surface area contributed by atoms with E-state index in [0.717, 1.165) is 30.5 Å². The summed E-state index contributed by atoms with van der Waals surface area (Å²) >= 11 is 0. The van der Waals surface area contributed by atoms with E-state index in [0.29, 0.717) is 13.1 Å². The minimum Gasteiger partial charge on any atom is -0.378 e. The van der Waals surface area contributed by atoms with Gasteiger partial charge in [0.2, 0.25) is 0 Å². The Kier molecular flexibility index (Phi) is 8.51. The summed E-state index contributed by atoms with van der Waals surface area (Å²) in [5.41, 5.74) is 3.61. The van der Waals surface area contributed by atoms with Crippen molar-refractivity contribution in [2.45, 2.75) is 38.1 Å². The molecule has 0 aliphatic heterocycles. The minimum atomic E-state index is -0.575. The number of likely N-dealkylation sites (N-methyl/N-ethyl adjacent to an activating group) is 1. The highest BCUT2D eigenvalue weighted by atomic mass is 16.2. The van der Waals surface area contributed by atoms with E-state index in [4.69, 9.17) is 0 Å². The molecule has 1 aromatic rings. The van der Waals surface area contributed by atoms with Crippen molar-refractivity contribution in [3.63, 3.8) is 0 Å². The lowest BCUT2D eigenvalue weighted by atomic mass is 9.97. The van der Waals surface area contributed by atoms with E-state index in [1.807, 2.05) is 38.0 Å². The Morgan fingerprint density at radius 3 is 2.25 bits per heavy atom. The van der Waals surface area contributed by atoms with Crippen LogP contribution >= 0.6 is 0 Å². The van der Waals surface area contributed by atoms with Gasteiger partial charge >= 0.3 is 11.8 Å². The standard InChI is InChI=1S/C22H34N4O2/c1-25(2)19-12-10-18(11-13-19)20(26(3)4)16-24-22(28)21(27)23-15-14-17-8-6-5-7-9-17/h8,10-13,20H,5-7,9,14-16H2,1-4H3,(H,23,27)(H,24,28)/t20-/m0/s1. The van der Waals surface area contributed by atoms with Crippen molar-refractivity contribution in [1.82, 2.24) is 15.5 Å². The van der Waals surface area contributed by atoms with Gasteiger partial charge in [-0.2, -0.15) is 0 Å². The predicted octanol–water partition coefficient (Wildman–Crippen LogP) is 2.48. The average molecular weight is 387 g/mol. The third-order valence-corrected chi connectivity index (χ3v) is 5.20. The molecule has 28 heavy (non-hydrogen) atoms. The van der Waals surface area contributed by atoms with Crippen LogP contribution in [0.15, 0.2) is 35.9 Å². The van der Waals surface area contributed by atoms with Crippen LogP contribution < -0.4 is 15.5 Å². The molecule has 0 saturated carbocycles. The Labute approximate surface area is 169 Å². The Morgan fingerprint density at radius 1 is 1.00 bits per heavy atom. The van der Waals surface area contributed by atoms with Crippen molar-refractivity contribution in [2.75, 3.05) is 46.2 Å². The van der Waals surface area contributed by atoms with Gasteiger partial charge < -0.3 is 20.4 Å². The molecule has 0 fully saturated rings. The zero-order valence-corrected chi connectivity index (χ0v) is 17.6. The molecule has 154 valence electrons. The molecule has 1 atom stereocenters. The molecule has 0 spiro atoms. The van der Waals surface area contributed by atoms with Crippen LogP contribution in [-0.4, -0.2) is 58.0 Å². The second-order valence-corrected chi connectivity index (χ2v) is 7.79. The van der Waals surface area contributed by atoms with Crippen molar-refractivity contribution in [3.05, 3.63) is 41.5 Å². The molecule has 0 bridgehead atoms. The van der Waals surface area contributed by atoms with Gasteiger partial charge in [-0.15, -0.1) is 0 Å². The number of allylic oxidation sites excluding steroid dienone is 1. The summed E-state index contributed by atoms with van der Waals surface area (Å²) in [6, 6.07) is 8.23. The predicted molar refractivity (Wildman–Crippen MR) is 114 cm³/mol. The fraction of sp³-hybridized carbons (Fsp3) is 0.545. The lowest BCUT2D eigenvalue weighted by molar-refractivity contribution is -0.139. The molecule has 1 aromatic carbocycles. The first-order valence-electron chi connectivity index (χ1n) is 10.1. The molecule has 0 saturated heterocycles. The van der Waals surface area contributed by atoms with Crippen LogP contribution in [0, 0.1) is 0 Å². The van der Waals surface area contributed by atoms with Gasteiger partial charge in [0.1, 0.15) is 0 Å². The molecule has 2 N–H and O–H groups in total. The highest BCUT2D eigenvalue weighted by Gasteiger charge is 2.19. The van der Waals surface area contributed by atoms with Crippen LogP contribution in [0.5, 0.6) is 0 Å². The first-order chi connectivity index (χ1) is 13.4. The number of hydrogen-bond acceptors (Lipinski definition) is 4. The van der Waals surface area contributed by atoms with Gasteiger partial charge in [-0.1, -0.05) is 23.8 Å². The molecule has 1 aliphatic carbocycles. The molecule has 0 heterocycles. The van der Waals surface area contributed by atoms with E-state index in [1.165, 1.54) is 18.4 Å². The monoisotopic (exact) mass is 386 g/mol. The maximum Gasteiger partial charge on any atom is 0.309 e. The van der Waals surface area contributed by atoms with Crippen molar-refractivity contribution in [1.29, 1.82) is 0 Å². The van der Waals surface area contributed by atoms with Crippen LogP contribution in [0.1, 0.15) is 43.7 Å². The number of benzene rings is 1. The Balaban J connectivity index is 1.82. The van der Waals surface area contributed by atoms with Crippen LogP contribution in [0.4, 0.5) is 5.69 Å². The van der Waals surface area contributed by atoms with E-state index in [9.17, 15) is 9.59 Å². The SMILES string of the molecule is CN(C)c1ccc([C@H](CNC(=O)C(=O)NCCC2=CCCCC2)N(C)C)cc1. The first-order valence-corrected chi connectivity index (χ1v) is 10.1. The molecule has 0 unspecified atom stereocenters. The zero-order chi connectivity index (χ0) is 20.5. The summed E-state index contributed by atoms with van der Waals surface area (Å²) in [6.45, 7) is 0.896. The highest BCUT2D eigenvalue weighted by molar-refractivity contribution is 6.35. The topological polar surface area (TPSA) is 64.7 Å². The molecule has 0 aromatic heterocycles. The summed E-state index contributed by atoms with van der Waals surface area (Å²) in [7, 11) is 7.94. The van der Waals surface area contributed by atoms with Crippen molar-refractivity contribution in [2.24, 2.45) is 0 Å². The van der Waals surface area contributed by atoms with Crippen LogP contribution in [0.25, 0.3) is 0 Å². The fourth-order valence-corrected chi connectivity index (χ4v) is 3.41. The van der Waals surface area contributed by atoms with Gasteiger partial charge in [0.05, 0.1) is 6.04 Å². The molecule has 2 rings (SSSR count). The number of amides is 2. The second-order valence-electron chi connectivity index (χ2n) is 7.79. The van der Waals surface area contributed by atoms with E-state index in [1.54, 1.807) is 0 Å². The highest BCUT2D eigenvalue weighted by Crippen LogP contribution is 2.21. The lowest BCUT2D eigenvalue weighted by Gasteiger charge is -2.25. The maximum atomic E-state index is 12.2. The second kappa shape index (κ2) is 10.9. The van der Waals surface area contributed by atoms with Crippen molar-refractivity contribution in [3.8, 4) is 0 Å². The van der Waals surface area contributed by atoms with Gasteiger partial charge in [-0.25, -0.2) is 0 Å². The molecule has 0 radical (unpaired) electrons. The average Bonchev–Trinajstić information content (AvgIpc) is 2.68. The summed E-state index contributed by atoms with van der Waals surface area (Å²) < 4.78 is 0. The maximum absolute atomic E-state index is 12.2. The summed E-state index contributed by atoms with van der Waals surface area (Å²) in [5, 5.41) is 5.50. The number of rotatable bonds is 8. The quantitative estimate of drug-likeness (QED) is 0.532. The molecule has 1 aliphatic rings. The van der Waals surface area contributed by atoms with E-state index < -0.39 is 11.8 Å². The van der Waals surface area contributed by atoms with Crippen molar-refractivity contribution < 1.29 is 9.59 Å². The zero-order valence-electron chi connectivity index (χ0n) is 17.6.